The van der Waals surface area contributed by atoms with Crippen molar-refractivity contribution in [2.75, 3.05) is 0 Å². The van der Waals surface area contributed by atoms with Crippen molar-refractivity contribution in [3.05, 3.63) is 18.0 Å². The number of alkyl halides is 1. The molecule has 2 N–H and O–H groups in total. The van der Waals surface area contributed by atoms with E-state index >= 15 is 0 Å². The van der Waals surface area contributed by atoms with Gasteiger partial charge in [0.2, 0.25) is 0 Å². The van der Waals surface area contributed by atoms with Gasteiger partial charge in [0.05, 0.1) is 16.3 Å². The van der Waals surface area contributed by atoms with Gasteiger partial charge in [-0.15, -0.1) is 0 Å². The number of amides is 1. The number of rotatable bonds is 2. The summed E-state index contributed by atoms with van der Waals surface area (Å²) in [4.78, 5) is 10.5. The molecule has 0 aliphatic carbocycles. The van der Waals surface area contributed by atoms with Crippen LogP contribution in [0.1, 0.15) is 10.4 Å². The number of primary amides is 1. The predicted octanol–water partition coefficient (Wildman–Crippen LogP) is 0.374. The van der Waals surface area contributed by atoms with Crippen LogP contribution in [0.3, 0.4) is 0 Å². The van der Waals surface area contributed by atoms with Gasteiger partial charge in [-0.1, -0.05) is 22.6 Å². The number of nitrogens with zero attached hydrogens (tertiary/aromatic N) is 2. The molecule has 0 unspecified atom stereocenters. The van der Waals surface area contributed by atoms with Crippen LogP contribution in [0.4, 0.5) is 0 Å². The van der Waals surface area contributed by atoms with E-state index in [0.29, 0.717) is 5.56 Å². The highest BCUT2D eigenvalue weighted by molar-refractivity contribution is 14.1. The van der Waals surface area contributed by atoms with Crippen LogP contribution < -0.4 is 5.73 Å². The van der Waals surface area contributed by atoms with Gasteiger partial charge in [-0.25, -0.2) is 0 Å². The largest absolute Gasteiger partial charge is 0.366 e. The second-order valence-corrected chi connectivity index (χ2v) is 2.43. The summed E-state index contributed by atoms with van der Waals surface area (Å²) in [5.41, 5.74) is 5.44. The summed E-state index contributed by atoms with van der Waals surface area (Å²) in [5.74, 6) is -0.434. The smallest absolute Gasteiger partial charge is 0.251 e. The highest BCUT2D eigenvalue weighted by Gasteiger charge is 2.01. The second-order valence-electron chi connectivity index (χ2n) is 1.75. The fraction of sp³-hybridized carbons (Fsp3) is 0.200. The summed E-state index contributed by atoms with van der Waals surface area (Å²) in [6, 6.07) is 0. The van der Waals surface area contributed by atoms with Crippen molar-refractivity contribution in [1.29, 1.82) is 0 Å². The van der Waals surface area contributed by atoms with Crippen molar-refractivity contribution >= 4 is 28.5 Å². The van der Waals surface area contributed by atoms with Gasteiger partial charge in [-0.05, 0) is 0 Å². The first kappa shape index (κ1) is 7.52. The van der Waals surface area contributed by atoms with E-state index in [1.54, 1.807) is 10.9 Å². The fourth-order valence-corrected chi connectivity index (χ4v) is 0.929. The minimum atomic E-state index is -0.434. The first-order valence-electron chi connectivity index (χ1n) is 2.62. The van der Waals surface area contributed by atoms with E-state index in [2.05, 4.69) is 27.7 Å². The van der Waals surface area contributed by atoms with Gasteiger partial charge in [0, 0.05) is 6.20 Å². The van der Waals surface area contributed by atoms with Crippen LogP contribution in [-0.4, -0.2) is 15.7 Å². The quantitative estimate of drug-likeness (QED) is 0.609. The predicted molar refractivity (Wildman–Crippen MR) is 44.8 cm³/mol. The molecule has 1 aromatic rings. The Labute approximate surface area is 71.5 Å². The Morgan fingerprint density at radius 3 is 2.90 bits per heavy atom. The van der Waals surface area contributed by atoms with E-state index in [9.17, 15) is 4.79 Å². The molecule has 5 heteroatoms. The summed E-state index contributed by atoms with van der Waals surface area (Å²) in [7, 11) is 0. The first-order chi connectivity index (χ1) is 4.74. The van der Waals surface area contributed by atoms with Crippen LogP contribution in [0, 0.1) is 0 Å². The zero-order valence-corrected chi connectivity index (χ0v) is 7.28. The van der Waals surface area contributed by atoms with E-state index in [-0.39, 0.29) is 0 Å². The lowest BCUT2D eigenvalue weighted by Gasteiger charge is -1.87. The Morgan fingerprint density at radius 2 is 2.60 bits per heavy atom. The molecule has 0 fully saturated rings. The third-order valence-electron chi connectivity index (χ3n) is 1.04. The van der Waals surface area contributed by atoms with Crippen molar-refractivity contribution in [2.45, 2.75) is 4.55 Å². The molecule has 0 saturated carbocycles. The highest BCUT2D eigenvalue weighted by atomic mass is 127. The first-order valence-corrected chi connectivity index (χ1v) is 4.15. The SMILES string of the molecule is NC(=O)c1cnn(CI)c1. The molecule has 1 heterocycles. The van der Waals surface area contributed by atoms with E-state index in [0.717, 1.165) is 4.55 Å². The summed E-state index contributed by atoms with van der Waals surface area (Å²) in [6.07, 6.45) is 3.08. The second kappa shape index (κ2) is 3.00. The number of hydrogen-bond acceptors (Lipinski definition) is 2. The molecule has 0 aromatic carbocycles. The van der Waals surface area contributed by atoms with Crippen molar-refractivity contribution in [2.24, 2.45) is 5.73 Å². The summed E-state index contributed by atoms with van der Waals surface area (Å²) < 4.78 is 2.37. The van der Waals surface area contributed by atoms with Crippen LogP contribution in [0.2, 0.25) is 0 Å². The molecule has 0 aliphatic rings. The zero-order chi connectivity index (χ0) is 7.56. The Balaban J connectivity index is 2.88. The summed E-state index contributed by atoms with van der Waals surface area (Å²) >= 11 is 2.14. The molecule has 0 saturated heterocycles. The fourth-order valence-electron chi connectivity index (χ4n) is 0.556. The van der Waals surface area contributed by atoms with Gasteiger partial charge in [0.15, 0.2) is 0 Å². The molecular weight excluding hydrogens is 245 g/mol. The molecule has 54 valence electrons. The molecule has 0 spiro atoms. The molecule has 0 radical (unpaired) electrons. The minimum Gasteiger partial charge on any atom is -0.366 e. The van der Waals surface area contributed by atoms with Crippen molar-refractivity contribution in [3.8, 4) is 0 Å². The zero-order valence-electron chi connectivity index (χ0n) is 5.12. The lowest BCUT2D eigenvalue weighted by atomic mass is 10.4. The van der Waals surface area contributed by atoms with Crippen LogP contribution in [-0.2, 0) is 4.55 Å². The summed E-state index contributed by atoms with van der Waals surface area (Å²) in [5, 5.41) is 3.86. The van der Waals surface area contributed by atoms with E-state index in [1.807, 2.05) is 0 Å². The van der Waals surface area contributed by atoms with Gasteiger partial charge >= 0.3 is 0 Å². The molecule has 10 heavy (non-hydrogen) atoms. The number of carbonyl (C=O) groups excluding carboxylic acids is 1. The summed E-state index contributed by atoms with van der Waals surface area (Å²) in [6.45, 7) is 0. The molecule has 1 aromatic heterocycles. The average Bonchev–Trinajstić information content (AvgIpc) is 2.34. The molecule has 1 rings (SSSR count). The maximum atomic E-state index is 10.5. The highest BCUT2D eigenvalue weighted by Crippen LogP contribution is 1.97. The van der Waals surface area contributed by atoms with E-state index in [1.165, 1.54) is 6.20 Å². The lowest BCUT2D eigenvalue weighted by Crippen LogP contribution is -2.09. The Morgan fingerprint density at radius 1 is 1.90 bits per heavy atom. The molecule has 4 nitrogen and oxygen atoms in total. The lowest BCUT2D eigenvalue weighted by molar-refractivity contribution is 0.1000. The third kappa shape index (κ3) is 1.47. The number of halogens is 1. The third-order valence-corrected chi connectivity index (χ3v) is 1.74. The van der Waals surface area contributed by atoms with E-state index in [4.69, 9.17) is 5.73 Å². The topological polar surface area (TPSA) is 60.9 Å². The monoisotopic (exact) mass is 251 g/mol. The Kier molecular flexibility index (Phi) is 2.25. The molecule has 0 bridgehead atoms. The molecule has 0 aliphatic heterocycles. The van der Waals surface area contributed by atoms with Crippen molar-refractivity contribution in [1.82, 2.24) is 9.78 Å². The minimum absolute atomic E-state index is 0.434. The van der Waals surface area contributed by atoms with Crippen LogP contribution in [0.25, 0.3) is 0 Å². The van der Waals surface area contributed by atoms with Gasteiger partial charge in [0.25, 0.3) is 5.91 Å². The standard InChI is InChI=1S/C5H6IN3O/c6-3-9-2-4(1-8-9)5(7)10/h1-2H,3H2,(H2,7,10). The Bertz CT molecular complexity index is 245. The van der Waals surface area contributed by atoms with Crippen LogP contribution in [0.5, 0.6) is 0 Å². The number of nitrogens with two attached hydrogens (primary N) is 1. The maximum Gasteiger partial charge on any atom is 0.251 e. The van der Waals surface area contributed by atoms with Crippen molar-refractivity contribution < 1.29 is 4.79 Å². The van der Waals surface area contributed by atoms with Crippen LogP contribution in [0.15, 0.2) is 12.4 Å². The van der Waals surface area contributed by atoms with Gasteiger partial charge < -0.3 is 5.73 Å². The van der Waals surface area contributed by atoms with Gasteiger partial charge in [-0.3, -0.25) is 9.48 Å². The number of hydrogen-bond donors (Lipinski definition) is 1. The molecule has 0 atom stereocenters. The molecular formula is C5H6IN3O. The van der Waals surface area contributed by atoms with Gasteiger partial charge in [-0.2, -0.15) is 5.10 Å². The van der Waals surface area contributed by atoms with Crippen molar-refractivity contribution in [3.63, 3.8) is 0 Å². The van der Waals surface area contributed by atoms with E-state index < -0.39 is 5.91 Å². The number of aromatic nitrogens is 2. The van der Waals surface area contributed by atoms with Gasteiger partial charge in [0.1, 0.15) is 0 Å². The molecule has 1 amide bonds. The maximum absolute atomic E-state index is 10.5. The Hall–Kier alpha value is -0.590. The normalized spacial score (nSPS) is 9.70. The van der Waals surface area contributed by atoms with Crippen LogP contribution >= 0.6 is 22.6 Å². The average molecular weight is 251 g/mol. The number of carbonyl (C=O) groups is 1.